The Hall–Kier alpha value is -1.61. The number of nitrogens with zero attached hydrogens (tertiary/aromatic N) is 1. The third-order valence-electron chi connectivity index (χ3n) is 4.00. The first-order chi connectivity index (χ1) is 9.24. The third-order valence-corrected chi connectivity index (χ3v) is 4.00. The molecule has 1 saturated carbocycles. The number of nitrogens with two attached hydrogens (primary N) is 1. The molecule has 3 rings (SSSR count). The van der Waals surface area contributed by atoms with E-state index in [1.54, 1.807) is 0 Å². The first-order valence-corrected chi connectivity index (χ1v) is 7.12. The molecule has 1 aromatic heterocycles. The van der Waals surface area contributed by atoms with Crippen molar-refractivity contribution in [3.05, 3.63) is 36.0 Å². The number of aryl methyl sites for hydroxylation is 1. The van der Waals surface area contributed by atoms with Gasteiger partial charge in [-0.1, -0.05) is 31.0 Å². The topological polar surface area (TPSA) is 50.9 Å². The Bertz CT molecular complexity index is 579. The average Bonchev–Trinajstić information content (AvgIpc) is 2.41. The molecule has 1 aromatic carbocycles. The molecule has 2 atom stereocenters. The largest absolute Gasteiger partial charge is 0.380 e. The fourth-order valence-corrected chi connectivity index (χ4v) is 2.97. The molecule has 100 valence electrons. The molecule has 0 unspecified atom stereocenters. The van der Waals surface area contributed by atoms with Crippen molar-refractivity contribution in [3.63, 3.8) is 0 Å². The van der Waals surface area contributed by atoms with Crippen LogP contribution in [0.5, 0.6) is 0 Å². The number of aromatic nitrogens is 1. The van der Waals surface area contributed by atoms with E-state index in [0.29, 0.717) is 6.04 Å². The van der Waals surface area contributed by atoms with Gasteiger partial charge in [0, 0.05) is 28.9 Å². The lowest BCUT2D eigenvalue weighted by atomic mass is 9.90. The lowest BCUT2D eigenvalue weighted by Gasteiger charge is -2.30. The molecular weight excluding hydrogens is 234 g/mol. The van der Waals surface area contributed by atoms with Crippen LogP contribution in [0, 0.1) is 6.92 Å². The van der Waals surface area contributed by atoms with Gasteiger partial charge in [0.1, 0.15) is 0 Å². The number of hydrogen-bond acceptors (Lipinski definition) is 3. The van der Waals surface area contributed by atoms with E-state index in [-0.39, 0.29) is 6.04 Å². The molecule has 0 aliphatic heterocycles. The normalized spacial score (nSPS) is 23.5. The van der Waals surface area contributed by atoms with E-state index >= 15 is 0 Å². The number of rotatable bonds is 2. The molecule has 0 bridgehead atoms. The summed E-state index contributed by atoms with van der Waals surface area (Å²) in [5.74, 6) is 0. The molecule has 2 aromatic rings. The number of anilines is 1. The van der Waals surface area contributed by atoms with Crippen molar-refractivity contribution in [2.45, 2.75) is 44.7 Å². The van der Waals surface area contributed by atoms with Crippen LogP contribution in [0.25, 0.3) is 10.9 Å². The van der Waals surface area contributed by atoms with Gasteiger partial charge in [-0.05, 0) is 31.9 Å². The zero-order valence-electron chi connectivity index (χ0n) is 11.4. The average molecular weight is 255 g/mol. The zero-order chi connectivity index (χ0) is 13.2. The summed E-state index contributed by atoms with van der Waals surface area (Å²) in [6, 6.07) is 11.1. The van der Waals surface area contributed by atoms with E-state index in [1.165, 1.54) is 23.9 Å². The molecule has 1 fully saturated rings. The monoisotopic (exact) mass is 255 g/mol. The van der Waals surface area contributed by atoms with Gasteiger partial charge in [0.05, 0.1) is 5.52 Å². The van der Waals surface area contributed by atoms with Crippen molar-refractivity contribution in [2.24, 2.45) is 5.73 Å². The van der Waals surface area contributed by atoms with Crippen LogP contribution < -0.4 is 11.1 Å². The minimum Gasteiger partial charge on any atom is -0.380 e. The maximum Gasteiger partial charge on any atom is 0.0725 e. The highest BCUT2D eigenvalue weighted by molar-refractivity contribution is 5.91. The molecule has 0 radical (unpaired) electrons. The second-order valence-corrected chi connectivity index (χ2v) is 5.53. The van der Waals surface area contributed by atoms with Gasteiger partial charge in [-0.2, -0.15) is 0 Å². The predicted octanol–water partition coefficient (Wildman–Crippen LogP) is 3.23. The summed E-state index contributed by atoms with van der Waals surface area (Å²) in [5.41, 5.74) is 9.50. The quantitative estimate of drug-likeness (QED) is 0.866. The number of pyridine rings is 1. The van der Waals surface area contributed by atoms with Crippen LogP contribution in [-0.2, 0) is 0 Å². The maximum atomic E-state index is 6.23. The molecule has 1 aliphatic carbocycles. The van der Waals surface area contributed by atoms with Crippen LogP contribution in [-0.4, -0.2) is 17.1 Å². The van der Waals surface area contributed by atoms with Crippen LogP contribution in [0.2, 0.25) is 0 Å². The summed E-state index contributed by atoms with van der Waals surface area (Å²) in [7, 11) is 0. The van der Waals surface area contributed by atoms with Gasteiger partial charge in [0.15, 0.2) is 0 Å². The fourth-order valence-electron chi connectivity index (χ4n) is 2.97. The Balaban J connectivity index is 1.95. The van der Waals surface area contributed by atoms with Gasteiger partial charge < -0.3 is 11.1 Å². The Labute approximate surface area is 114 Å². The van der Waals surface area contributed by atoms with E-state index < -0.39 is 0 Å². The smallest absolute Gasteiger partial charge is 0.0725 e. The number of hydrogen-bond donors (Lipinski definition) is 2. The van der Waals surface area contributed by atoms with Gasteiger partial charge in [0.2, 0.25) is 0 Å². The molecule has 3 heteroatoms. The highest BCUT2D eigenvalue weighted by atomic mass is 15.0. The molecule has 3 N–H and O–H groups in total. The summed E-state index contributed by atoms with van der Waals surface area (Å²) in [6.07, 6.45) is 4.82. The minimum absolute atomic E-state index is 0.265. The first kappa shape index (κ1) is 12.4. The van der Waals surface area contributed by atoms with E-state index in [1.807, 2.05) is 13.0 Å². The van der Waals surface area contributed by atoms with Crippen LogP contribution in [0.1, 0.15) is 31.4 Å². The van der Waals surface area contributed by atoms with Gasteiger partial charge >= 0.3 is 0 Å². The van der Waals surface area contributed by atoms with Crippen LogP contribution in [0.4, 0.5) is 5.69 Å². The van der Waals surface area contributed by atoms with Gasteiger partial charge in [-0.3, -0.25) is 4.98 Å². The molecule has 1 heterocycles. The highest BCUT2D eigenvalue weighted by Gasteiger charge is 2.22. The predicted molar refractivity (Wildman–Crippen MR) is 80.3 cm³/mol. The second kappa shape index (κ2) is 5.17. The van der Waals surface area contributed by atoms with Crippen molar-refractivity contribution < 1.29 is 0 Å². The molecule has 0 amide bonds. The molecule has 0 saturated heterocycles. The van der Waals surface area contributed by atoms with Crippen LogP contribution in [0.15, 0.2) is 30.3 Å². The van der Waals surface area contributed by atoms with E-state index in [2.05, 4.69) is 34.6 Å². The zero-order valence-corrected chi connectivity index (χ0v) is 11.4. The SMILES string of the molecule is Cc1cc(N[C@@H]2CCCC[C@H]2N)c2ccccc2n1. The number of fused-ring (bicyclic) bond motifs is 1. The molecular formula is C16H21N3. The molecule has 1 aliphatic rings. The van der Waals surface area contributed by atoms with Crippen molar-refractivity contribution >= 4 is 16.6 Å². The Morgan fingerprint density at radius 1 is 1.21 bits per heavy atom. The number of benzene rings is 1. The molecule has 19 heavy (non-hydrogen) atoms. The Morgan fingerprint density at radius 2 is 2.00 bits per heavy atom. The van der Waals surface area contributed by atoms with Gasteiger partial charge in [-0.25, -0.2) is 0 Å². The number of para-hydroxylation sites is 1. The van der Waals surface area contributed by atoms with E-state index in [4.69, 9.17) is 5.73 Å². The Morgan fingerprint density at radius 3 is 2.84 bits per heavy atom. The van der Waals surface area contributed by atoms with Gasteiger partial charge in [0.25, 0.3) is 0 Å². The van der Waals surface area contributed by atoms with E-state index in [0.717, 1.165) is 24.1 Å². The van der Waals surface area contributed by atoms with Crippen molar-refractivity contribution in [3.8, 4) is 0 Å². The first-order valence-electron chi connectivity index (χ1n) is 7.12. The lowest BCUT2D eigenvalue weighted by molar-refractivity contribution is 0.404. The van der Waals surface area contributed by atoms with Crippen molar-refractivity contribution in [1.82, 2.24) is 4.98 Å². The summed E-state index contributed by atoms with van der Waals surface area (Å²) < 4.78 is 0. The van der Waals surface area contributed by atoms with E-state index in [9.17, 15) is 0 Å². The molecule has 0 spiro atoms. The highest BCUT2D eigenvalue weighted by Crippen LogP contribution is 2.27. The summed E-state index contributed by atoms with van der Waals surface area (Å²) in [4.78, 5) is 4.58. The molecule has 3 nitrogen and oxygen atoms in total. The fraction of sp³-hybridized carbons (Fsp3) is 0.438. The summed E-state index contributed by atoms with van der Waals surface area (Å²) >= 11 is 0. The number of nitrogens with one attached hydrogen (secondary N) is 1. The maximum absolute atomic E-state index is 6.23. The van der Waals surface area contributed by atoms with Crippen LogP contribution in [0.3, 0.4) is 0 Å². The Kier molecular flexibility index (Phi) is 3.38. The van der Waals surface area contributed by atoms with Crippen molar-refractivity contribution in [2.75, 3.05) is 5.32 Å². The van der Waals surface area contributed by atoms with Crippen molar-refractivity contribution in [1.29, 1.82) is 0 Å². The lowest BCUT2D eigenvalue weighted by Crippen LogP contribution is -2.42. The van der Waals surface area contributed by atoms with Gasteiger partial charge in [-0.15, -0.1) is 0 Å². The minimum atomic E-state index is 0.265. The summed E-state index contributed by atoms with van der Waals surface area (Å²) in [6.45, 7) is 2.04. The second-order valence-electron chi connectivity index (χ2n) is 5.53. The van der Waals surface area contributed by atoms with Crippen LogP contribution >= 0.6 is 0 Å². The third kappa shape index (κ3) is 2.56. The summed E-state index contributed by atoms with van der Waals surface area (Å²) in [5, 5.41) is 4.84. The standard InChI is InChI=1S/C16H21N3/c1-11-10-16(12-6-2-4-8-14(12)18-11)19-15-9-5-3-7-13(15)17/h2,4,6,8,10,13,15H,3,5,7,9,17H2,1H3,(H,18,19)/t13-,15-/m1/s1.